The van der Waals surface area contributed by atoms with Gasteiger partial charge in [0.15, 0.2) is 0 Å². The van der Waals surface area contributed by atoms with Crippen molar-refractivity contribution in [3.63, 3.8) is 0 Å². The minimum absolute atomic E-state index is 0.00159. The Morgan fingerprint density at radius 1 is 1.41 bits per heavy atom. The van der Waals surface area contributed by atoms with Gasteiger partial charge in [0, 0.05) is 5.33 Å². The molecule has 1 rings (SSSR count). The van der Waals surface area contributed by atoms with Gasteiger partial charge in [-0.2, -0.15) is 0 Å². The van der Waals surface area contributed by atoms with Crippen LogP contribution in [0.25, 0.3) is 0 Å². The van der Waals surface area contributed by atoms with Crippen molar-refractivity contribution in [3.8, 4) is 5.75 Å². The summed E-state index contributed by atoms with van der Waals surface area (Å²) in [4.78, 5) is 11.4. The molecule has 17 heavy (non-hydrogen) atoms. The Kier molecular flexibility index (Phi) is 5.56. The fourth-order valence-electron chi connectivity index (χ4n) is 1.14. The normalized spacial score (nSPS) is 10.9. The summed E-state index contributed by atoms with van der Waals surface area (Å²) < 4.78 is 14.7. The first-order valence-electron chi connectivity index (χ1n) is 4.85. The maximum atomic E-state index is 11.4. The third kappa shape index (κ3) is 4.11. The first kappa shape index (κ1) is 13.6. The van der Waals surface area contributed by atoms with E-state index in [1.165, 1.54) is 20.5 Å². The highest BCUT2D eigenvalue weighted by atomic mass is 79.9. The Morgan fingerprint density at radius 3 is 2.76 bits per heavy atom. The third-order valence-corrected chi connectivity index (χ3v) is 2.54. The van der Waals surface area contributed by atoms with E-state index in [2.05, 4.69) is 20.7 Å². The van der Waals surface area contributed by atoms with Crippen LogP contribution in [0.2, 0.25) is 0 Å². The van der Waals surface area contributed by atoms with E-state index >= 15 is 0 Å². The van der Waals surface area contributed by atoms with Gasteiger partial charge in [-0.1, -0.05) is 28.1 Å². The molecule has 0 aliphatic carbocycles. The first-order chi connectivity index (χ1) is 8.21. The highest BCUT2D eigenvalue weighted by Gasteiger charge is 2.13. The second-order valence-electron chi connectivity index (χ2n) is 3.09. The number of alkyl halides is 1. The molecule has 0 heterocycles. The molecule has 0 atom stereocenters. The Labute approximate surface area is 108 Å². The smallest absolute Gasteiger partial charge is 0.377 e. The molecule has 0 N–H and O–H groups in total. The largest absolute Gasteiger partial charge is 0.500 e. The summed E-state index contributed by atoms with van der Waals surface area (Å²) in [6.07, 6.45) is 1.20. The molecule has 0 amide bonds. The lowest BCUT2D eigenvalue weighted by Crippen LogP contribution is -2.11. The van der Waals surface area contributed by atoms with E-state index in [4.69, 9.17) is 9.47 Å². The van der Waals surface area contributed by atoms with Gasteiger partial charge in [0.25, 0.3) is 0 Å². The molecule has 5 heteroatoms. The molecular formula is C12H13BrO4. The lowest BCUT2D eigenvalue weighted by Gasteiger charge is -2.08. The summed E-state index contributed by atoms with van der Waals surface area (Å²) in [7, 11) is 2.71. The molecule has 0 aliphatic rings. The van der Waals surface area contributed by atoms with Crippen molar-refractivity contribution in [1.82, 2.24) is 0 Å². The Bertz CT molecular complexity index is 415. The van der Waals surface area contributed by atoms with Crippen molar-refractivity contribution >= 4 is 21.9 Å². The van der Waals surface area contributed by atoms with E-state index in [0.29, 0.717) is 11.1 Å². The van der Waals surface area contributed by atoms with Gasteiger partial charge in [0.05, 0.1) is 14.2 Å². The second kappa shape index (κ2) is 6.96. The molecule has 1 aromatic carbocycles. The number of ether oxygens (including phenoxy) is 3. The number of carbonyl (C=O) groups excluding carboxylic acids is 1. The molecule has 92 valence electrons. The molecular weight excluding hydrogens is 288 g/mol. The van der Waals surface area contributed by atoms with Crippen LogP contribution in [0.1, 0.15) is 5.56 Å². The maximum Gasteiger partial charge on any atom is 0.377 e. The van der Waals surface area contributed by atoms with Gasteiger partial charge in [0.2, 0.25) is 5.76 Å². The molecule has 0 fully saturated rings. The zero-order chi connectivity index (χ0) is 12.7. The number of carbonyl (C=O) groups is 1. The molecule has 0 bridgehead atoms. The number of esters is 1. The number of halogens is 1. The van der Waals surface area contributed by atoms with E-state index in [9.17, 15) is 4.79 Å². The number of methoxy groups -OCH3 is 2. The second-order valence-corrected chi connectivity index (χ2v) is 3.65. The van der Waals surface area contributed by atoms with E-state index in [-0.39, 0.29) is 5.76 Å². The van der Waals surface area contributed by atoms with E-state index < -0.39 is 5.97 Å². The van der Waals surface area contributed by atoms with Crippen LogP contribution in [0.15, 0.2) is 36.3 Å². The molecule has 0 saturated heterocycles. The molecule has 0 unspecified atom stereocenters. The van der Waals surface area contributed by atoms with Gasteiger partial charge in [-0.05, 0) is 17.7 Å². The number of rotatable bonds is 5. The summed E-state index contributed by atoms with van der Waals surface area (Å²) in [6.45, 7) is 0. The van der Waals surface area contributed by atoms with Gasteiger partial charge < -0.3 is 14.2 Å². The zero-order valence-electron chi connectivity index (χ0n) is 9.60. The van der Waals surface area contributed by atoms with Crippen LogP contribution in [0.5, 0.6) is 5.75 Å². The Morgan fingerprint density at radius 2 is 2.18 bits per heavy atom. The van der Waals surface area contributed by atoms with Gasteiger partial charge in [-0.15, -0.1) is 0 Å². The summed E-state index contributed by atoms with van der Waals surface area (Å²) in [5.74, 6) is -0.0338. The SMILES string of the molecule is COC=C(Oc1cccc(CBr)c1)C(=O)OC. The minimum Gasteiger partial charge on any atom is -0.500 e. The Balaban J connectivity index is 2.86. The van der Waals surface area contributed by atoms with Crippen molar-refractivity contribution in [2.45, 2.75) is 5.33 Å². The fourth-order valence-corrected chi connectivity index (χ4v) is 1.49. The van der Waals surface area contributed by atoms with Crippen molar-refractivity contribution < 1.29 is 19.0 Å². The summed E-state index contributed by atoms with van der Waals surface area (Å²) in [6, 6.07) is 7.35. The predicted octanol–water partition coefficient (Wildman–Crippen LogP) is 2.62. The van der Waals surface area contributed by atoms with E-state index in [0.717, 1.165) is 5.56 Å². The standard InChI is InChI=1S/C12H13BrO4/c1-15-8-11(12(14)16-2)17-10-5-3-4-9(6-10)7-13/h3-6,8H,7H2,1-2H3. The van der Waals surface area contributed by atoms with Crippen molar-refractivity contribution in [2.75, 3.05) is 14.2 Å². The van der Waals surface area contributed by atoms with Crippen LogP contribution in [0.3, 0.4) is 0 Å². The van der Waals surface area contributed by atoms with Crippen LogP contribution in [0.4, 0.5) is 0 Å². The maximum absolute atomic E-state index is 11.4. The van der Waals surface area contributed by atoms with Crippen LogP contribution < -0.4 is 4.74 Å². The van der Waals surface area contributed by atoms with Gasteiger partial charge in [-0.25, -0.2) is 4.79 Å². The topological polar surface area (TPSA) is 44.8 Å². The van der Waals surface area contributed by atoms with Crippen LogP contribution in [0, 0.1) is 0 Å². The molecule has 0 aliphatic heterocycles. The summed E-state index contributed by atoms with van der Waals surface area (Å²) >= 11 is 3.34. The monoisotopic (exact) mass is 300 g/mol. The van der Waals surface area contributed by atoms with Crippen LogP contribution >= 0.6 is 15.9 Å². The molecule has 0 saturated carbocycles. The first-order valence-corrected chi connectivity index (χ1v) is 5.97. The lowest BCUT2D eigenvalue weighted by atomic mass is 10.2. The highest BCUT2D eigenvalue weighted by molar-refractivity contribution is 9.08. The van der Waals surface area contributed by atoms with E-state index in [1.807, 2.05) is 18.2 Å². The van der Waals surface area contributed by atoms with Crippen molar-refractivity contribution in [2.24, 2.45) is 0 Å². The number of hydrogen-bond donors (Lipinski definition) is 0. The predicted molar refractivity (Wildman–Crippen MR) is 66.8 cm³/mol. The van der Waals surface area contributed by atoms with Crippen molar-refractivity contribution in [1.29, 1.82) is 0 Å². The average Bonchev–Trinajstić information content (AvgIpc) is 2.37. The van der Waals surface area contributed by atoms with Gasteiger partial charge >= 0.3 is 5.97 Å². The quantitative estimate of drug-likeness (QED) is 0.363. The molecule has 0 radical (unpaired) electrons. The van der Waals surface area contributed by atoms with Gasteiger partial charge in [0.1, 0.15) is 12.0 Å². The fraction of sp³-hybridized carbons (Fsp3) is 0.250. The van der Waals surface area contributed by atoms with Crippen LogP contribution in [-0.2, 0) is 19.6 Å². The van der Waals surface area contributed by atoms with Gasteiger partial charge in [-0.3, -0.25) is 0 Å². The summed E-state index contributed by atoms with van der Waals surface area (Å²) in [5, 5.41) is 0.714. The molecule has 1 aromatic rings. The Hall–Kier alpha value is -1.49. The highest BCUT2D eigenvalue weighted by Crippen LogP contribution is 2.18. The molecule has 0 aromatic heterocycles. The average molecular weight is 301 g/mol. The third-order valence-electron chi connectivity index (χ3n) is 1.89. The lowest BCUT2D eigenvalue weighted by molar-refractivity contribution is -0.138. The van der Waals surface area contributed by atoms with E-state index in [1.54, 1.807) is 6.07 Å². The van der Waals surface area contributed by atoms with Crippen molar-refractivity contribution in [3.05, 3.63) is 41.9 Å². The number of hydrogen-bond acceptors (Lipinski definition) is 4. The van der Waals surface area contributed by atoms with Crippen LogP contribution in [-0.4, -0.2) is 20.2 Å². The summed E-state index contributed by atoms with van der Waals surface area (Å²) in [5.41, 5.74) is 1.05. The molecule has 4 nitrogen and oxygen atoms in total. The zero-order valence-corrected chi connectivity index (χ0v) is 11.2. The number of benzene rings is 1. The molecule has 0 spiro atoms. The minimum atomic E-state index is -0.587.